The summed E-state index contributed by atoms with van der Waals surface area (Å²) >= 11 is 8.09. The van der Waals surface area contributed by atoms with Gasteiger partial charge in [-0.05, 0) is 68.4 Å². The molecular weight excluding hydrogens is 581 g/mol. The maximum absolute atomic E-state index is 15.2. The third kappa shape index (κ3) is 5.15. The van der Waals surface area contributed by atoms with Crippen LogP contribution < -0.4 is 10.1 Å². The highest BCUT2D eigenvalue weighted by Gasteiger charge is 2.31. The number of aromatic nitrogens is 1. The Hall–Kier alpha value is -3.49. The number of thiophene rings is 1. The number of carbonyl (C=O) groups excluding carboxylic acids is 1. The van der Waals surface area contributed by atoms with Crippen molar-refractivity contribution in [3.63, 3.8) is 0 Å². The lowest BCUT2D eigenvalue weighted by atomic mass is 9.83. The minimum Gasteiger partial charge on any atom is -0.477 e. The summed E-state index contributed by atoms with van der Waals surface area (Å²) in [5, 5.41) is 14.6. The lowest BCUT2D eigenvalue weighted by Gasteiger charge is -2.33. The Kier molecular flexibility index (Phi) is 7.48. The number of nitriles is 1. The molecule has 2 aliphatic rings. The van der Waals surface area contributed by atoms with E-state index in [4.69, 9.17) is 35.5 Å². The number of hydrogen-bond acceptors (Lipinski definition) is 8. The van der Waals surface area contributed by atoms with Crippen LogP contribution in [-0.2, 0) is 27.4 Å². The molecule has 4 aromatic rings. The third-order valence-corrected chi connectivity index (χ3v) is 9.04. The zero-order chi connectivity index (χ0) is 29.8. The van der Waals surface area contributed by atoms with Crippen LogP contribution in [0.5, 0.6) is 5.88 Å². The van der Waals surface area contributed by atoms with Gasteiger partial charge in [0.05, 0.1) is 46.7 Å². The number of pyridine rings is 1. The normalized spacial score (nSPS) is 18.0. The van der Waals surface area contributed by atoms with Crippen LogP contribution >= 0.6 is 22.9 Å². The Labute approximate surface area is 251 Å². The summed E-state index contributed by atoms with van der Waals surface area (Å²) in [5.74, 6) is 0.347. The van der Waals surface area contributed by atoms with Gasteiger partial charge in [-0.1, -0.05) is 17.7 Å². The molecule has 8 nitrogen and oxygen atoms in total. The van der Waals surface area contributed by atoms with Crippen LogP contribution in [0, 0.1) is 23.1 Å². The highest BCUT2D eigenvalue weighted by molar-refractivity contribution is 7.23. The molecule has 3 heterocycles. The number of ether oxygens (including phenoxy) is 4. The van der Waals surface area contributed by atoms with Gasteiger partial charge in [0.1, 0.15) is 22.5 Å². The Balaban J connectivity index is 1.46. The molecule has 2 aromatic carbocycles. The van der Waals surface area contributed by atoms with E-state index >= 15 is 4.39 Å². The molecule has 0 radical (unpaired) electrons. The lowest BCUT2D eigenvalue weighted by Crippen LogP contribution is -2.34. The molecule has 0 unspecified atom stereocenters. The first kappa shape index (κ1) is 28.6. The average Bonchev–Trinajstić information content (AvgIpc) is 3.53. The van der Waals surface area contributed by atoms with Crippen molar-refractivity contribution >= 4 is 55.0 Å². The zero-order valence-corrected chi connectivity index (χ0v) is 25.2. The standard InChI is InChI=1S/C31H29ClFN3O5S/c1-31(2,3)41-30(37)36-29-19(11-34)25-18(5-7-22(33)28(25)42-29)24-21-14-39-13-20(21)17-6-8-23(35-27(17)26(24)32)40-12-15-9-16(10-15)38-4/h5-8,15-16H,9-10,12-14H2,1-4H3,(H,36,37). The number of methoxy groups -OCH3 is 1. The second-order valence-corrected chi connectivity index (χ2v) is 12.9. The first-order chi connectivity index (χ1) is 20.1. The van der Waals surface area contributed by atoms with E-state index in [2.05, 4.69) is 11.4 Å². The fourth-order valence-electron chi connectivity index (χ4n) is 5.53. The fourth-order valence-corrected chi connectivity index (χ4v) is 6.96. The molecule has 0 saturated heterocycles. The summed E-state index contributed by atoms with van der Waals surface area (Å²) in [4.78, 5) is 17.3. The summed E-state index contributed by atoms with van der Waals surface area (Å²) in [6, 6.07) is 8.88. The molecule has 1 N–H and O–H groups in total. The average molecular weight is 610 g/mol. The Morgan fingerprint density at radius 3 is 2.71 bits per heavy atom. The highest BCUT2D eigenvalue weighted by atomic mass is 35.5. The smallest absolute Gasteiger partial charge is 0.412 e. The predicted molar refractivity (Wildman–Crippen MR) is 160 cm³/mol. The van der Waals surface area contributed by atoms with E-state index < -0.39 is 17.5 Å². The van der Waals surface area contributed by atoms with E-state index in [1.165, 1.54) is 6.07 Å². The SMILES string of the molecule is COC1CC(COc2ccc3c4c(c(-c5ccc(F)c6sc(NC(=O)OC(C)(C)C)c(C#N)c56)c(Cl)c3n2)COC4)C1. The van der Waals surface area contributed by atoms with Crippen LogP contribution in [-0.4, -0.2) is 36.5 Å². The monoisotopic (exact) mass is 609 g/mol. The number of nitrogens with one attached hydrogen (secondary N) is 1. The molecule has 1 saturated carbocycles. The lowest BCUT2D eigenvalue weighted by molar-refractivity contribution is -0.0146. The number of anilines is 1. The fraction of sp³-hybridized carbons (Fsp3) is 0.387. The van der Waals surface area contributed by atoms with Gasteiger partial charge in [-0.2, -0.15) is 5.26 Å². The van der Waals surface area contributed by atoms with Gasteiger partial charge in [-0.3, -0.25) is 5.32 Å². The molecule has 1 amide bonds. The van der Waals surface area contributed by atoms with Crippen molar-refractivity contribution in [2.24, 2.45) is 5.92 Å². The minimum atomic E-state index is -0.747. The van der Waals surface area contributed by atoms with E-state index in [1.807, 2.05) is 12.1 Å². The van der Waals surface area contributed by atoms with Gasteiger partial charge in [-0.25, -0.2) is 14.2 Å². The number of halogens is 2. The maximum atomic E-state index is 15.2. The molecule has 1 aliphatic heterocycles. The van der Waals surface area contributed by atoms with Gasteiger partial charge < -0.3 is 18.9 Å². The van der Waals surface area contributed by atoms with Crippen molar-refractivity contribution in [3.05, 3.63) is 51.8 Å². The van der Waals surface area contributed by atoms with Crippen molar-refractivity contribution in [2.75, 3.05) is 19.0 Å². The molecule has 6 rings (SSSR count). The van der Waals surface area contributed by atoms with Crippen molar-refractivity contribution in [1.29, 1.82) is 5.26 Å². The molecule has 11 heteroatoms. The van der Waals surface area contributed by atoms with Crippen LogP contribution in [0.15, 0.2) is 24.3 Å². The van der Waals surface area contributed by atoms with Gasteiger partial charge in [0, 0.05) is 29.5 Å². The molecule has 42 heavy (non-hydrogen) atoms. The number of rotatable bonds is 6. The summed E-state index contributed by atoms with van der Waals surface area (Å²) in [6.45, 7) is 6.40. The second kappa shape index (κ2) is 11.0. The van der Waals surface area contributed by atoms with Crippen molar-refractivity contribution in [1.82, 2.24) is 4.98 Å². The van der Waals surface area contributed by atoms with E-state index in [0.717, 1.165) is 40.7 Å². The quantitative estimate of drug-likeness (QED) is 0.236. The van der Waals surface area contributed by atoms with Crippen molar-refractivity contribution in [3.8, 4) is 23.1 Å². The van der Waals surface area contributed by atoms with Gasteiger partial charge in [-0.15, -0.1) is 11.3 Å². The van der Waals surface area contributed by atoms with E-state index in [-0.39, 0.29) is 21.4 Å². The zero-order valence-electron chi connectivity index (χ0n) is 23.6. The highest BCUT2D eigenvalue weighted by Crippen LogP contribution is 2.49. The van der Waals surface area contributed by atoms with Gasteiger partial charge in [0.2, 0.25) is 5.88 Å². The van der Waals surface area contributed by atoms with Gasteiger partial charge in [0.15, 0.2) is 0 Å². The van der Waals surface area contributed by atoms with Crippen LogP contribution in [0.2, 0.25) is 5.02 Å². The topological polar surface area (TPSA) is 103 Å². The second-order valence-electron chi connectivity index (χ2n) is 11.5. The molecule has 1 aliphatic carbocycles. The number of carbonyl (C=O) groups is 1. The Morgan fingerprint density at radius 2 is 2.00 bits per heavy atom. The molecule has 218 valence electrons. The van der Waals surface area contributed by atoms with Crippen molar-refractivity contribution in [2.45, 2.75) is 58.5 Å². The first-order valence-corrected chi connectivity index (χ1v) is 14.8. The summed E-state index contributed by atoms with van der Waals surface area (Å²) in [7, 11) is 1.72. The maximum Gasteiger partial charge on any atom is 0.412 e. The Bertz CT molecular complexity index is 1770. The predicted octanol–water partition coefficient (Wildman–Crippen LogP) is 7.96. The molecule has 0 bridgehead atoms. The van der Waals surface area contributed by atoms with E-state index in [0.29, 0.717) is 58.7 Å². The summed E-state index contributed by atoms with van der Waals surface area (Å²) < 4.78 is 38.0. The Morgan fingerprint density at radius 1 is 1.24 bits per heavy atom. The number of amides is 1. The van der Waals surface area contributed by atoms with Gasteiger partial charge >= 0.3 is 6.09 Å². The summed E-state index contributed by atoms with van der Waals surface area (Å²) in [5.41, 5.74) is 2.87. The molecule has 0 atom stereocenters. The molecular formula is C31H29ClFN3O5S. The summed E-state index contributed by atoms with van der Waals surface area (Å²) in [6.07, 6.45) is 1.45. The van der Waals surface area contributed by atoms with E-state index in [1.54, 1.807) is 33.9 Å². The van der Waals surface area contributed by atoms with Crippen LogP contribution in [0.4, 0.5) is 14.2 Å². The molecule has 2 aromatic heterocycles. The van der Waals surface area contributed by atoms with Crippen LogP contribution in [0.1, 0.15) is 50.3 Å². The van der Waals surface area contributed by atoms with Crippen LogP contribution in [0.3, 0.4) is 0 Å². The number of fused-ring (bicyclic) bond motifs is 4. The largest absolute Gasteiger partial charge is 0.477 e. The third-order valence-electron chi connectivity index (χ3n) is 7.56. The minimum absolute atomic E-state index is 0.124. The first-order valence-electron chi connectivity index (χ1n) is 13.6. The number of nitrogens with zero attached hydrogens (tertiary/aromatic N) is 2. The number of benzene rings is 2. The molecule has 1 fully saturated rings. The van der Waals surface area contributed by atoms with Gasteiger partial charge in [0.25, 0.3) is 0 Å². The van der Waals surface area contributed by atoms with Crippen LogP contribution in [0.25, 0.3) is 32.1 Å². The molecule has 0 spiro atoms. The van der Waals surface area contributed by atoms with Crippen molar-refractivity contribution < 1.29 is 28.1 Å². The van der Waals surface area contributed by atoms with E-state index in [9.17, 15) is 10.1 Å². The number of hydrogen-bond donors (Lipinski definition) is 1.